The summed E-state index contributed by atoms with van der Waals surface area (Å²) in [5, 5.41) is 13.3. The van der Waals surface area contributed by atoms with Gasteiger partial charge in [0.05, 0.1) is 17.1 Å². The number of aromatic nitrogens is 3. The second-order valence-electron chi connectivity index (χ2n) is 11.5. The first kappa shape index (κ1) is 25.0. The Morgan fingerprint density at radius 1 is 1.16 bits per heavy atom. The number of ether oxygens (including phenoxy) is 1. The zero-order chi connectivity index (χ0) is 26.3. The highest BCUT2D eigenvalue weighted by Gasteiger charge is 2.48. The van der Waals surface area contributed by atoms with Gasteiger partial charge in [0.25, 0.3) is 5.91 Å². The third-order valence-electron chi connectivity index (χ3n) is 9.12. The Kier molecular flexibility index (Phi) is 6.67. The lowest BCUT2D eigenvalue weighted by molar-refractivity contribution is -0.124. The summed E-state index contributed by atoms with van der Waals surface area (Å²) in [7, 11) is 0. The predicted molar refractivity (Wildman–Crippen MR) is 141 cm³/mol. The van der Waals surface area contributed by atoms with Crippen LogP contribution in [0.3, 0.4) is 0 Å². The third-order valence-corrected chi connectivity index (χ3v) is 9.12. The number of carbonyl (C=O) groups excluding carboxylic acids is 3. The minimum atomic E-state index is -0.689. The Morgan fingerprint density at radius 3 is 2.63 bits per heavy atom. The van der Waals surface area contributed by atoms with Crippen LogP contribution in [0.5, 0.6) is 0 Å². The molecule has 1 saturated heterocycles. The van der Waals surface area contributed by atoms with Gasteiger partial charge < -0.3 is 20.7 Å². The molecule has 2 aromatic rings. The fourth-order valence-corrected chi connectivity index (χ4v) is 6.44. The van der Waals surface area contributed by atoms with Crippen LogP contribution in [0.25, 0.3) is 0 Å². The smallest absolute Gasteiger partial charge is 0.270 e. The molecule has 3 fully saturated rings. The molecule has 2 saturated carbocycles. The van der Waals surface area contributed by atoms with Crippen molar-refractivity contribution in [2.24, 2.45) is 11.8 Å². The molecule has 4 heterocycles. The minimum absolute atomic E-state index is 0.0365. The molecular weight excluding hydrogens is 484 g/mol. The molecule has 0 radical (unpaired) electrons. The first-order chi connectivity index (χ1) is 18.4. The molecule has 3 amide bonds. The zero-order valence-electron chi connectivity index (χ0n) is 21.9. The number of rotatable bonds is 6. The van der Waals surface area contributed by atoms with Crippen molar-refractivity contribution in [3.63, 3.8) is 0 Å². The van der Waals surface area contributed by atoms with Crippen molar-refractivity contribution in [2.45, 2.75) is 82.2 Å². The molecule has 2 aliphatic carbocycles. The van der Waals surface area contributed by atoms with Crippen LogP contribution in [0, 0.1) is 11.8 Å². The molecular formula is C28H36N6O4. The molecule has 4 aliphatic rings. The van der Waals surface area contributed by atoms with Gasteiger partial charge >= 0.3 is 0 Å². The molecule has 1 spiro atoms. The van der Waals surface area contributed by atoms with Crippen molar-refractivity contribution in [1.82, 2.24) is 20.1 Å². The number of pyridine rings is 1. The van der Waals surface area contributed by atoms with E-state index in [-0.39, 0.29) is 29.7 Å². The third kappa shape index (κ3) is 4.48. The van der Waals surface area contributed by atoms with E-state index >= 15 is 0 Å². The zero-order valence-corrected chi connectivity index (χ0v) is 21.9. The average molecular weight is 521 g/mol. The number of nitrogens with zero attached hydrogens (tertiary/aromatic N) is 3. The van der Waals surface area contributed by atoms with Crippen molar-refractivity contribution in [2.75, 3.05) is 23.8 Å². The molecule has 10 nitrogen and oxygen atoms in total. The van der Waals surface area contributed by atoms with E-state index in [4.69, 9.17) is 4.74 Å². The van der Waals surface area contributed by atoms with Gasteiger partial charge in [-0.15, -0.1) is 0 Å². The molecule has 0 unspecified atom stereocenters. The van der Waals surface area contributed by atoms with Crippen LogP contribution in [-0.2, 0) is 19.7 Å². The number of anilines is 2. The van der Waals surface area contributed by atoms with Crippen LogP contribution in [0.15, 0.2) is 24.5 Å². The highest BCUT2D eigenvalue weighted by molar-refractivity contribution is 6.07. The van der Waals surface area contributed by atoms with E-state index in [0.29, 0.717) is 49.2 Å². The second kappa shape index (κ2) is 10.1. The van der Waals surface area contributed by atoms with Crippen LogP contribution >= 0.6 is 0 Å². The van der Waals surface area contributed by atoms with Crippen LogP contribution in [0.2, 0.25) is 0 Å². The fourth-order valence-electron chi connectivity index (χ4n) is 6.44. The molecule has 3 N–H and O–H groups in total. The minimum Gasteiger partial charge on any atom is -0.381 e. The lowest BCUT2D eigenvalue weighted by Crippen LogP contribution is -2.50. The molecule has 2 aliphatic heterocycles. The normalized spacial score (nSPS) is 25.2. The van der Waals surface area contributed by atoms with Gasteiger partial charge in [-0.1, -0.05) is 19.8 Å². The maximum Gasteiger partial charge on any atom is 0.270 e. The van der Waals surface area contributed by atoms with Crippen molar-refractivity contribution in [1.29, 1.82) is 0 Å². The summed E-state index contributed by atoms with van der Waals surface area (Å²) in [5.74, 6) is 0.417. The van der Waals surface area contributed by atoms with Gasteiger partial charge in [0, 0.05) is 37.2 Å². The van der Waals surface area contributed by atoms with Crippen molar-refractivity contribution in [3.8, 4) is 0 Å². The van der Waals surface area contributed by atoms with Gasteiger partial charge in [0.2, 0.25) is 11.8 Å². The first-order valence-electron chi connectivity index (χ1n) is 14.0. The van der Waals surface area contributed by atoms with Crippen molar-refractivity contribution < 1.29 is 19.1 Å². The molecule has 10 heteroatoms. The monoisotopic (exact) mass is 520 g/mol. The van der Waals surface area contributed by atoms with Crippen LogP contribution < -0.4 is 16.0 Å². The fraction of sp³-hybridized carbons (Fsp3) is 0.607. The Balaban J connectivity index is 1.21. The summed E-state index contributed by atoms with van der Waals surface area (Å²) >= 11 is 0. The maximum absolute atomic E-state index is 13.7. The van der Waals surface area contributed by atoms with Crippen LogP contribution in [0.1, 0.15) is 86.8 Å². The standard InChI is InChI=1S/C28H36N6O4/c1-17-5-7-18(8-6-17)24(33-25(35)22-9-12-30-34(22)19-3-2-4-19)26(36)32-23-15-21-20(16-29-23)28(27(37)31-21)10-13-38-14-11-28/h9,12,15-19,24H,2-8,10-11,13-14H2,1H3,(H,31,37)(H,33,35)(H,29,32,36)/t17?,18?,24-/m0/s1. The summed E-state index contributed by atoms with van der Waals surface area (Å²) in [6, 6.07) is 3.01. The number of carbonyl (C=O) groups is 3. The van der Waals surface area contributed by atoms with E-state index in [2.05, 4.69) is 33.0 Å². The van der Waals surface area contributed by atoms with Gasteiger partial charge in [0.1, 0.15) is 17.6 Å². The van der Waals surface area contributed by atoms with Gasteiger partial charge in [-0.05, 0) is 62.8 Å². The van der Waals surface area contributed by atoms with Crippen molar-refractivity contribution >= 4 is 29.2 Å². The summed E-state index contributed by atoms with van der Waals surface area (Å²) in [6.07, 6.45) is 11.6. The maximum atomic E-state index is 13.7. The molecule has 202 valence electrons. The topological polar surface area (TPSA) is 127 Å². The molecule has 2 aromatic heterocycles. The summed E-state index contributed by atoms with van der Waals surface area (Å²) < 4.78 is 7.28. The number of fused-ring (bicyclic) bond motifs is 2. The molecule has 0 bridgehead atoms. The second-order valence-corrected chi connectivity index (χ2v) is 11.5. The average Bonchev–Trinajstić information content (AvgIpc) is 3.45. The van der Waals surface area contributed by atoms with E-state index in [0.717, 1.165) is 50.5 Å². The lowest BCUT2D eigenvalue weighted by Gasteiger charge is -2.33. The van der Waals surface area contributed by atoms with Crippen molar-refractivity contribution in [3.05, 3.63) is 35.8 Å². The number of amides is 3. The quantitative estimate of drug-likeness (QED) is 0.534. The van der Waals surface area contributed by atoms with Gasteiger partial charge in [-0.3, -0.25) is 19.1 Å². The van der Waals surface area contributed by atoms with E-state index < -0.39 is 11.5 Å². The van der Waals surface area contributed by atoms with Crippen LogP contribution in [0.4, 0.5) is 11.5 Å². The molecule has 1 atom stereocenters. The SMILES string of the molecule is CC1CCC([C@H](NC(=O)c2ccnn2C2CCC2)C(=O)Nc2cc3c(cn2)C2(CCOCC2)C(=O)N3)CC1. The predicted octanol–water partition coefficient (Wildman–Crippen LogP) is 3.57. The van der Waals surface area contributed by atoms with Gasteiger partial charge in [0.15, 0.2) is 0 Å². The summed E-state index contributed by atoms with van der Waals surface area (Å²) in [4.78, 5) is 44.4. The van der Waals surface area contributed by atoms with Crippen LogP contribution in [-0.4, -0.2) is 51.7 Å². The number of hydrogen-bond acceptors (Lipinski definition) is 6. The van der Waals surface area contributed by atoms with E-state index in [9.17, 15) is 14.4 Å². The number of nitrogens with one attached hydrogen (secondary N) is 3. The van der Waals surface area contributed by atoms with E-state index in [1.165, 1.54) is 0 Å². The number of hydrogen-bond donors (Lipinski definition) is 3. The highest BCUT2D eigenvalue weighted by Crippen LogP contribution is 2.44. The molecule has 38 heavy (non-hydrogen) atoms. The van der Waals surface area contributed by atoms with Gasteiger partial charge in [-0.2, -0.15) is 5.10 Å². The Labute approximate surface area is 222 Å². The first-order valence-corrected chi connectivity index (χ1v) is 14.0. The Bertz CT molecular complexity index is 1220. The van der Waals surface area contributed by atoms with Gasteiger partial charge in [-0.25, -0.2) is 4.98 Å². The highest BCUT2D eigenvalue weighted by atomic mass is 16.5. The Morgan fingerprint density at radius 2 is 1.92 bits per heavy atom. The van der Waals surface area contributed by atoms with E-state index in [1.54, 1.807) is 29.2 Å². The molecule has 6 rings (SSSR count). The largest absolute Gasteiger partial charge is 0.381 e. The summed E-state index contributed by atoms with van der Waals surface area (Å²) in [5.41, 5.74) is 1.43. The lowest BCUT2D eigenvalue weighted by atomic mass is 9.76. The van der Waals surface area contributed by atoms with E-state index in [1.807, 2.05) is 0 Å². The Hall–Kier alpha value is -3.27. The molecule has 0 aromatic carbocycles. The summed E-state index contributed by atoms with van der Waals surface area (Å²) in [6.45, 7) is 3.30.